The van der Waals surface area contributed by atoms with Crippen molar-refractivity contribution in [3.63, 3.8) is 0 Å². The molecule has 5 nitrogen and oxygen atoms in total. The van der Waals surface area contributed by atoms with Gasteiger partial charge in [-0.1, -0.05) is 34.5 Å². The molecule has 1 aromatic heterocycles. The van der Waals surface area contributed by atoms with Crippen LogP contribution in [0.2, 0.25) is 0 Å². The predicted molar refractivity (Wildman–Crippen MR) is 84.5 cm³/mol. The zero-order valence-corrected chi connectivity index (χ0v) is 13.6. The molecular weight excluding hydrogens is 292 g/mol. The van der Waals surface area contributed by atoms with Crippen LogP contribution in [-0.4, -0.2) is 21.9 Å². The summed E-state index contributed by atoms with van der Waals surface area (Å²) in [5.74, 6) is 0.141. The lowest BCUT2D eigenvalue weighted by Crippen LogP contribution is -2.30. The Hall–Kier alpha value is -2.43. The van der Waals surface area contributed by atoms with Crippen LogP contribution in [0.15, 0.2) is 28.8 Å². The van der Waals surface area contributed by atoms with E-state index in [-0.39, 0.29) is 30.7 Å². The van der Waals surface area contributed by atoms with Crippen LogP contribution in [0.1, 0.15) is 34.6 Å². The van der Waals surface area contributed by atoms with Crippen LogP contribution in [0.25, 0.3) is 0 Å². The van der Waals surface area contributed by atoms with Gasteiger partial charge in [0.1, 0.15) is 11.5 Å². The smallest absolute Gasteiger partial charge is 0.233 e. The van der Waals surface area contributed by atoms with Crippen LogP contribution in [0, 0.1) is 26.7 Å². The van der Waals surface area contributed by atoms with Crippen LogP contribution in [0.3, 0.4) is 0 Å². The highest BCUT2D eigenvalue weighted by Gasteiger charge is 2.38. The minimum atomic E-state index is -0.281. The molecule has 1 fully saturated rings. The first-order valence-electron chi connectivity index (χ1n) is 7.76. The molecule has 2 amide bonds. The largest absolute Gasteiger partial charge is 0.361 e. The minimum Gasteiger partial charge on any atom is -0.361 e. The van der Waals surface area contributed by atoms with Gasteiger partial charge >= 0.3 is 0 Å². The van der Waals surface area contributed by atoms with E-state index in [0.717, 1.165) is 5.56 Å². The van der Waals surface area contributed by atoms with Crippen molar-refractivity contribution in [2.24, 2.45) is 5.92 Å². The molecule has 2 aromatic rings. The molecule has 1 unspecified atom stereocenters. The summed E-state index contributed by atoms with van der Waals surface area (Å²) in [4.78, 5) is 26.0. The van der Waals surface area contributed by atoms with E-state index >= 15 is 0 Å². The number of hydrogen-bond donors (Lipinski definition) is 0. The van der Waals surface area contributed by atoms with Crippen molar-refractivity contribution < 1.29 is 14.1 Å². The zero-order valence-electron chi connectivity index (χ0n) is 13.6. The molecule has 1 aliphatic rings. The Kier molecular flexibility index (Phi) is 4.03. The lowest BCUT2D eigenvalue weighted by Gasteiger charge is -2.13. The number of carbonyl (C=O) groups excluding carboxylic acids is 2. The summed E-state index contributed by atoms with van der Waals surface area (Å²) in [5, 5.41) is 3.86. The Bertz CT molecular complexity index is 743. The van der Waals surface area contributed by atoms with Gasteiger partial charge in [-0.15, -0.1) is 0 Å². The number of nitrogens with zero attached hydrogens (tertiary/aromatic N) is 2. The summed E-state index contributed by atoms with van der Waals surface area (Å²) < 4.78 is 4.99. The van der Waals surface area contributed by atoms with E-state index in [1.54, 1.807) is 13.0 Å². The van der Waals surface area contributed by atoms with Gasteiger partial charge in [-0.2, -0.15) is 0 Å². The molecule has 1 aliphatic heterocycles. The van der Waals surface area contributed by atoms with Gasteiger partial charge in [0.2, 0.25) is 11.8 Å². The minimum absolute atomic E-state index is 0.116. The molecule has 5 heteroatoms. The molecule has 2 heterocycles. The van der Waals surface area contributed by atoms with Gasteiger partial charge in [0.15, 0.2) is 0 Å². The molecule has 0 aliphatic carbocycles. The molecule has 0 N–H and O–H groups in total. The normalized spacial score (nSPS) is 18.0. The van der Waals surface area contributed by atoms with Crippen LogP contribution in [0.5, 0.6) is 0 Å². The van der Waals surface area contributed by atoms with Crippen LogP contribution >= 0.6 is 0 Å². The van der Waals surface area contributed by atoms with Gasteiger partial charge in [0.05, 0.1) is 12.5 Å². The maximum Gasteiger partial charge on any atom is 0.233 e. The number of aromatic nitrogens is 1. The fourth-order valence-electron chi connectivity index (χ4n) is 3.20. The van der Waals surface area contributed by atoms with Gasteiger partial charge < -0.3 is 4.52 Å². The van der Waals surface area contributed by atoms with E-state index < -0.39 is 0 Å². The van der Waals surface area contributed by atoms with Crippen molar-refractivity contribution >= 4 is 11.8 Å². The Labute approximate surface area is 135 Å². The third-order valence-electron chi connectivity index (χ3n) is 4.10. The number of amides is 2. The molecule has 1 aromatic carbocycles. The predicted octanol–water partition coefficient (Wildman–Crippen LogP) is 2.72. The number of rotatable bonds is 4. The molecule has 1 atom stereocenters. The molecule has 1 saturated heterocycles. The third kappa shape index (κ3) is 3.33. The monoisotopic (exact) mass is 312 g/mol. The van der Waals surface area contributed by atoms with Crippen molar-refractivity contribution in [1.82, 2.24) is 10.1 Å². The highest BCUT2D eigenvalue weighted by Crippen LogP contribution is 2.26. The SMILES string of the molecule is Cc1cc(C)cc(CC2CC(=O)N(Cc3cc(C)on3)C2=O)c1. The molecule has 0 saturated carbocycles. The van der Waals surface area contributed by atoms with Crippen LogP contribution in [-0.2, 0) is 22.6 Å². The summed E-state index contributed by atoms with van der Waals surface area (Å²) in [5.41, 5.74) is 4.06. The highest BCUT2D eigenvalue weighted by atomic mass is 16.5. The summed E-state index contributed by atoms with van der Waals surface area (Å²) in [6, 6.07) is 8.00. The highest BCUT2D eigenvalue weighted by molar-refractivity contribution is 6.03. The molecule has 3 rings (SSSR count). The third-order valence-corrected chi connectivity index (χ3v) is 4.10. The maximum absolute atomic E-state index is 12.5. The molecule has 120 valence electrons. The molecule has 0 radical (unpaired) electrons. The standard InChI is InChI=1S/C18H20N2O3/c1-11-4-12(2)6-14(5-11)8-15-9-17(21)20(18(15)22)10-16-7-13(3)23-19-16/h4-7,15H,8-10H2,1-3H3. The van der Waals surface area contributed by atoms with Gasteiger partial charge in [0, 0.05) is 12.5 Å². The number of benzene rings is 1. The van der Waals surface area contributed by atoms with Gasteiger partial charge in [0.25, 0.3) is 0 Å². The van der Waals surface area contributed by atoms with Gasteiger partial charge in [-0.3, -0.25) is 14.5 Å². The van der Waals surface area contributed by atoms with Crippen molar-refractivity contribution in [3.8, 4) is 0 Å². The zero-order chi connectivity index (χ0) is 16.6. The van der Waals surface area contributed by atoms with Crippen LogP contribution < -0.4 is 0 Å². The quantitative estimate of drug-likeness (QED) is 0.814. The van der Waals surface area contributed by atoms with E-state index in [0.29, 0.717) is 17.9 Å². The van der Waals surface area contributed by atoms with Gasteiger partial charge in [-0.05, 0) is 32.8 Å². The summed E-state index contributed by atoms with van der Waals surface area (Å²) >= 11 is 0. The summed E-state index contributed by atoms with van der Waals surface area (Å²) in [6.07, 6.45) is 0.865. The number of hydrogen-bond acceptors (Lipinski definition) is 4. The molecule has 0 spiro atoms. The summed E-state index contributed by atoms with van der Waals surface area (Å²) in [6.45, 7) is 6.06. The average molecular weight is 312 g/mol. The van der Waals surface area contributed by atoms with E-state index in [9.17, 15) is 9.59 Å². The Morgan fingerprint density at radius 1 is 1.13 bits per heavy atom. The Balaban J connectivity index is 1.73. The lowest BCUT2D eigenvalue weighted by molar-refractivity contribution is -0.140. The van der Waals surface area contributed by atoms with E-state index in [1.807, 2.05) is 13.8 Å². The second kappa shape index (κ2) is 5.99. The van der Waals surface area contributed by atoms with Gasteiger partial charge in [-0.25, -0.2) is 0 Å². The van der Waals surface area contributed by atoms with Crippen molar-refractivity contribution in [1.29, 1.82) is 0 Å². The second-order valence-corrected chi connectivity index (χ2v) is 6.35. The number of likely N-dealkylation sites (tertiary alicyclic amines) is 1. The van der Waals surface area contributed by atoms with Crippen molar-refractivity contribution in [2.45, 2.75) is 40.2 Å². The second-order valence-electron chi connectivity index (χ2n) is 6.35. The summed E-state index contributed by atoms with van der Waals surface area (Å²) in [7, 11) is 0. The average Bonchev–Trinajstić information content (AvgIpc) is 2.97. The van der Waals surface area contributed by atoms with E-state index in [4.69, 9.17) is 4.52 Å². The number of carbonyl (C=O) groups is 2. The molecule has 23 heavy (non-hydrogen) atoms. The first-order valence-corrected chi connectivity index (χ1v) is 7.76. The number of imide groups is 1. The fraction of sp³-hybridized carbons (Fsp3) is 0.389. The number of aryl methyl sites for hydroxylation is 3. The lowest BCUT2D eigenvalue weighted by atomic mass is 9.95. The Morgan fingerprint density at radius 2 is 1.83 bits per heavy atom. The Morgan fingerprint density at radius 3 is 2.43 bits per heavy atom. The topological polar surface area (TPSA) is 63.4 Å². The van der Waals surface area contributed by atoms with Crippen LogP contribution in [0.4, 0.5) is 0 Å². The van der Waals surface area contributed by atoms with E-state index in [1.165, 1.54) is 16.0 Å². The fourth-order valence-corrected chi connectivity index (χ4v) is 3.20. The molecular formula is C18H20N2O3. The first-order chi connectivity index (χ1) is 10.9. The van der Waals surface area contributed by atoms with E-state index in [2.05, 4.69) is 23.4 Å². The maximum atomic E-state index is 12.5. The van der Waals surface area contributed by atoms with Crippen molar-refractivity contribution in [2.75, 3.05) is 0 Å². The molecule has 0 bridgehead atoms. The first kappa shape index (κ1) is 15.5. The van der Waals surface area contributed by atoms with Crippen molar-refractivity contribution in [3.05, 3.63) is 52.4 Å².